The van der Waals surface area contributed by atoms with E-state index in [0.29, 0.717) is 35.3 Å². The van der Waals surface area contributed by atoms with Gasteiger partial charge in [-0.1, -0.05) is 93.7 Å². The van der Waals surface area contributed by atoms with Crippen LogP contribution in [0.2, 0.25) is 87.4 Å². The Labute approximate surface area is 519 Å². The molecule has 0 aromatic carbocycles. The molecule has 0 bridgehead atoms. The number of aromatic nitrogens is 11. The number of allylic oxidation sites excluding steroid dienone is 1. The molecule has 28 heteroatoms. The van der Waals surface area contributed by atoms with Crippen molar-refractivity contribution in [3.63, 3.8) is 0 Å². The molecular weight excluding hydrogens is 1160 g/mol. The van der Waals surface area contributed by atoms with E-state index >= 15 is 0 Å². The van der Waals surface area contributed by atoms with Crippen molar-refractivity contribution in [3.8, 4) is 11.3 Å². The molecule has 20 nitrogen and oxygen atoms in total. The summed E-state index contributed by atoms with van der Waals surface area (Å²) in [6.45, 7) is 37.6. The van der Waals surface area contributed by atoms with Gasteiger partial charge in [0.1, 0.15) is 71.4 Å². The average Bonchev–Trinajstić information content (AvgIpc) is 4.28. The van der Waals surface area contributed by atoms with Gasteiger partial charge in [-0.05, 0) is 84.8 Å². The van der Waals surface area contributed by atoms with Crippen LogP contribution in [-0.2, 0) is 41.7 Å². The number of fused-ring (bicyclic) bond motifs is 3. The van der Waals surface area contributed by atoms with Crippen LogP contribution in [0.25, 0.3) is 44.4 Å². The zero-order valence-electron chi connectivity index (χ0n) is 51.5. The largest absolute Gasteiger partial charge is 1.00 e. The number of hydrogen-bond acceptors (Lipinski definition) is 15. The van der Waals surface area contributed by atoms with Crippen molar-refractivity contribution in [1.29, 1.82) is 5.41 Å². The van der Waals surface area contributed by atoms with Crippen molar-refractivity contribution in [2.45, 2.75) is 156 Å². The first-order chi connectivity index (χ1) is 37.3. The van der Waals surface area contributed by atoms with Crippen molar-refractivity contribution < 1.29 is 64.0 Å². The zero-order chi connectivity index (χ0) is 59.5. The monoisotopic (exact) mass is 1240 g/mol. The molecule has 0 atom stereocenters. The minimum absolute atomic E-state index is 0. The summed E-state index contributed by atoms with van der Waals surface area (Å²) >= 11 is 17.0. The van der Waals surface area contributed by atoms with Crippen molar-refractivity contribution >= 4 is 112 Å². The number of nitrogens with zero attached hydrogens (tertiary/aromatic N) is 9. The summed E-state index contributed by atoms with van der Waals surface area (Å²) in [6, 6.07) is 9.67. The minimum Gasteiger partial charge on any atom is -1.00 e. The van der Waals surface area contributed by atoms with E-state index in [1.807, 2.05) is 73.6 Å². The van der Waals surface area contributed by atoms with Crippen molar-refractivity contribution in [1.82, 2.24) is 59.5 Å². The van der Waals surface area contributed by atoms with Crippen LogP contribution < -0.4 is 34.9 Å². The molecule has 7 aromatic rings. The predicted octanol–water partition coefficient (Wildman–Crippen LogP) is 10.5. The molecule has 7 aromatic heterocycles. The fraction of sp³-hybridized carbons (Fsp3) is 0.528. The maximum Gasteiger partial charge on any atom is 1.00 e. The normalized spacial score (nSPS) is 14.1. The topological polar surface area (TPSA) is 240 Å². The molecule has 1 aliphatic heterocycles. The third-order valence-electron chi connectivity index (χ3n) is 12.1. The zero-order valence-corrected chi connectivity index (χ0v) is 57.7. The van der Waals surface area contributed by atoms with Crippen LogP contribution in [0.4, 0.5) is 4.79 Å². The van der Waals surface area contributed by atoms with Crippen LogP contribution >= 0.6 is 34.8 Å². The van der Waals surface area contributed by atoms with E-state index in [1.54, 1.807) is 39.5 Å². The summed E-state index contributed by atoms with van der Waals surface area (Å²) in [6.07, 6.45) is 15.7. The second-order valence-corrected chi connectivity index (χ2v) is 42.2. The van der Waals surface area contributed by atoms with Crippen LogP contribution in [0, 0.1) is 5.41 Å². The number of halogens is 3. The number of amides is 1. The summed E-state index contributed by atoms with van der Waals surface area (Å²) in [5.74, 6) is 0. The Morgan fingerprint density at radius 2 is 1.25 bits per heavy atom. The Balaban J connectivity index is 0.000000361. The van der Waals surface area contributed by atoms with Gasteiger partial charge in [0, 0.05) is 97.7 Å². The van der Waals surface area contributed by atoms with Crippen molar-refractivity contribution in [3.05, 3.63) is 90.1 Å². The maximum atomic E-state index is 11.6. The second-order valence-electron chi connectivity index (χ2n) is 24.4. The van der Waals surface area contributed by atoms with E-state index in [-0.39, 0.29) is 31.0 Å². The Bertz CT molecular complexity index is 3040. The molecule has 8 rings (SSSR count). The van der Waals surface area contributed by atoms with Gasteiger partial charge in [0.15, 0.2) is 0 Å². The fourth-order valence-electron chi connectivity index (χ4n) is 6.76. The summed E-state index contributed by atoms with van der Waals surface area (Å²) in [5.41, 5.74) is 3.19. The molecule has 0 aliphatic carbocycles. The number of aromatic amines is 2. The molecule has 0 spiro atoms. The Hall–Kier alpha value is -3.86. The van der Waals surface area contributed by atoms with E-state index < -0.39 is 54.2 Å². The summed E-state index contributed by atoms with van der Waals surface area (Å²) < 4.78 is 37.2. The van der Waals surface area contributed by atoms with E-state index in [4.69, 9.17) is 68.5 Å². The Kier molecular flexibility index (Phi) is 28.6. The first kappa shape index (κ1) is 71.4. The molecule has 0 saturated carbocycles. The number of carbonyl (C=O) groups is 1. The molecule has 4 N–H and O–H groups in total. The quantitative estimate of drug-likeness (QED) is 0.0206. The van der Waals surface area contributed by atoms with E-state index in [1.165, 1.54) is 37.0 Å². The van der Waals surface area contributed by atoms with Gasteiger partial charge in [-0.25, -0.2) is 34.7 Å². The van der Waals surface area contributed by atoms with Gasteiger partial charge in [0.25, 0.3) is 0 Å². The SMILES string of the molecule is CC(C)(C)OC(=O)N/C=C(\C=N)B1OC(C)(C)C(C)(C)O1.C[Si](C)(C)CCOCCl.C[Si](C)(C)CCOCn1ccc2c(-c3cn[nH]c3)ncnc21.C[Si](C)(C)CCOCn1ccc2c(Cl)ncnc21.Clc1ncnc2[nH]ccc12.[H-].[Na+]. The van der Waals surface area contributed by atoms with Crippen LogP contribution in [0.3, 0.4) is 0 Å². The maximum absolute atomic E-state index is 11.6. The summed E-state index contributed by atoms with van der Waals surface area (Å²) in [7, 11) is -3.64. The number of alkyl halides is 1. The molecule has 81 heavy (non-hydrogen) atoms. The van der Waals surface area contributed by atoms with Gasteiger partial charge in [-0.2, -0.15) is 5.10 Å². The van der Waals surface area contributed by atoms with Crippen molar-refractivity contribution in [2.24, 2.45) is 0 Å². The first-order valence-corrected chi connectivity index (χ1v) is 38.8. The molecule has 0 radical (unpaired) electrons. The minimum atomic E-state index is -1.05. The standard InChI is InChI=1S/C15H21N5OSi.C14H25BN2O4.C12H18ClN3OSi.C6H4ClN3.C6H15ClOSi.Na.H/c1-22(2,3)7-6-21-11-20-5-4-13-14(12-8-18-19-9-12)16-10-17-15(13)20;1-12(2,3)19-11(18)17-9-10(8-16)15-20-13(4,5)14(6,7)21-15;1-18(2,3)7-6-17-9-16-5-4-10-11(13)14-8-15-12(10)16;7-5-4-1-2-8-6(4)10-3-9-5;1-9(2,3)5-4-8-6-7;;/h4-5,8-10H,6-7,11H2,1-3H3,(H,18,19);8-9,16H,1-7H3,(H,17,18);4-5,8H,6-7,9H2,1-3H3;1-3H,(H,8,9,10);4-6H2,1-3H3;;/q;;;;;+1;-1/b;10-9+,16-8?;;;;;. The number of rotatable bonds is 18. The molecule has 1 amide bonds. The van der Waals surface area contributed by atoms with Crippen LogP contribution in [0.1, 0.15) is 49.9 Å². The molecule has 8 heterocycles. The number of hydrogen-bond donors (Lipinski definition) is 4. The van der Waals surface area contributed by atoms with Gasteiger partial charge in [-0.3, -0.25) is 10.4 Å². The summed E-state index contributed by atoms with van der Waals surface area (Å²) in [4.78, 5) is 39.2. The number of ether oxygens (including phenoxy) is 4. The molecular formula is C53H84BCl3N13NaO7Si3. The molecule has 1 saturated heterocycles. The van der Waals surface area contributed by atoms with E-state index in [0.717, 1.165) is 70.4 Å². The third-order valence-corrected chi connectivity index (χ3v) is 18.0. The second kappa shape index (κ2) is 32.4. The smallest absolute Gasteiger partial charge is 1.00 e. The molecule has 1 aliphatic rings. The number of alkyl carbamates (subject to hydrolysis) is 1. The van der Waals surface area contributed by atoms with Gasteiger partial charge >= 0.3 is 42.8 Å². The van der Waals surface area contributed by atoms with Gasteiger partial charge in [0.05, 0.1) is 33.9 Å². The van der Waals surface area contributed by atoms with Crippen LogP contribution in [0.15, 0.2) is 79.8 Å². The number of H-pyrrole nitrogens is 2. The van der Waals surface area contributed by atoms with Crippen LogP contribution in [0.5, 0.6) is 0 Å². The average molecular weight is 1240 g/mol. The van der Waals surface area contributed by atoms with E-state index in [2.05, 4.69) is 109 Å². The van der Waals surface area contributed by atoms with Crippen LogP contribution in [-0.4, -0.2) is 141 Å². The third kappa shape index (κ3) is 24.7. The Morgan fingerprint density at radius 1 is 0.753 bits per heavy atom. The Morgan fingerprint density at radius 3 is 1.73 bits per heavy atom. The van der Waals surface area contributed by atoms with Crippen molar-refractivity contribution in [2.75, 3.05) is 25.9 Å². The number of nitrogens with one attached hydrogen (secondary N) is 4. The van der Waals surface area contributed by atoms with Gasteiger partial charge in [0.2, 0.25) is 0 Å². The first-order valence-electron chi connectivity index (χ1n) is 26.4. The van der Waals surface area contributed by atoms with Gasteiger partial charge in [-0.15, -0.1) is 0 Å². The molecule has 0 unspecified atom stereocenters. The molecule has 440 valence electrons. The number of carbonyl (C=O) groups excluding carboxylic acids is 1. The summed E-state index contributed by atoms with van der Waals surface area (Å²) in [5, 5.41) is 20.5. The molecule has 1 fully saturated rings. The fourth-order valence-corrected chi connectivity index (χ4v) is 9.52. The van der Waals surface area contributed by atoms with Gasteiger partial charge < -0.3 is 49.2 Å². The predicted molar refractivity (Wildman–Crippen MR) is 333 cm³/mol. The van der Waals surface area contributed by atoms with E-state index in [9.17, 15) is 4.79 Å².